The molecule has 2 unspecified atom stereocenters. The van der Waals surface area contributed by atoms with Crippen LogP contribution in [0.1, 0.15) is 6.42 Å². The third kappa shape index (κ3) is 1.45. The van der Waals surface area contributed by atoms with Gasteiger partial charge in [-0.1, -0.05) is 0 Å². The lowest BCUT2D eigenvalue weighted by Gasteiger charge is -2.21. The van der Waals surface area contributed by atoms with Gasteiger partial charge in [0.15, 0.2) is 0 Å². The van der Waals surface area contributed by atoms with Gasteiger partial charge in [-0.15, -0.1) is 11.8 Å². The number of hydrogen-bond acceptors (Lipinski definition) is 4. The Balaban J connectivity index is 2.01. The Labute approximate surface area is 79.7 Å². The predicted octanol–water partition coefficient (Wildman–Crippen LogP) is 0.609. The maximum absolute atomic E-state index is 10.7. The number of carbonyl (C=O) groups is 1. The van der Waals surface area contributed by atoms with Crippen molar-refractivity contribution in [2.75, 3.05) is 17.3 Å². The highest BCUT2D eigenvalue weighted by Gasteiger charge is 2.44. The molecule has 5 heteroatoms. The Bertz CT molecular complexity index is 204. The van der Waals surface area contributed by atoms with Crippen LogP contribution in [-0.2, 0) is 4.79 Å². The second-order valence-electron chi connectivity index (χ2n) is 3.14. The highest BCUT2D eigenvalue weighted by atomic mass is 32.2. The van der Waals surface area contributed by atoms with Gasteiger partial charge in [0.1, 0.15) is 6.04 Å². The van der Waals surface area contributed by atoms with Gasteiger partial charge in [0, 0.05) is 11.5 Å². The van der Waals surface area contributed by atoms with Gasteiger partial charge >= 0.3 is 5.97 Å². The van der Waals surface area contributed by atoms with Crippen molar-refractivity contribution in [1.29, 1.82) is 0 Å². The maximum Gasteiger partial charge on any atom is 0.321 e. The molecule has 2 aliphatic heterocycles. The van der Waals surface area contributed by atoms with Crippen molar-refractivity contribution >= 4 is 29.5 Å². The number of aliphatic carboxylic acids is 1. The fourth-order valence-electron chi connectivity index (χ4n) is 1.55. The zero-order valence-electron chi connectivity index (χ0n) is 6.58. The number of thioether (sulfide) groups is 2. The van der Waals surface area contributed by atoms with E-state index in [1.807, 2.05) is 11.8 Å². The summed E-state index contributed by atoms with van der Waals surface area (Å²) in [6.07, 6.45) is 1.10. The first kappa shape index (κ1) is 8.72. The van der Waals surface area contributed by atoms with Gasteiger partial charge in [0.2, 0.25) is 0 Å². The summed E-state index contributed by atoms with van der Waals surface area (Å²) in [5, 5.41) is 12.0. The molecule has 2 heterocycles. The van der Waals surface area contributed by atoms with Gasteiger partial charge in [0.25, 0.3) is 0 Å². The number of carboxylic acid groups (broad SMARTS) is 1. The van der Waals surface area contributed by atoms with Gasteiger partial charge in [-0.05, 0) is 12.2 Å². The first-order valence-electron chi connectivity index (χ1n) is 3.94. The summed E-state index contributed by atoms with van der Waals surface area (Å²) in [6.45, 7) is 0. The molecule has 0 aromatic rings. The van der Waals surface area contributed by atoms with Gasteiger partial charge < -0.3 is 5.11 Å². The fraction of sp³-hybridized carbons (Fsp3) is 0.857. The molecule has 12 heavy (non-hydrogen) atoms. The number of nitrogens with one attached hydrogen (secondary N) is 1. The molecule has 0 aromatic carbocycles. The van der Waals surface area contributed by atoms with Crippen molar-refractivity contribution in [2.45, 2.75) is 17.3 Å². The van der Waals surface area contributed by atoms with Crippen LogP contribution >= 0.6 is 23.5 Å². The molecule has 2 rings (SSSR count). The quantitative estimate of drug-likeness (QED) is 0.657. The summed E-state index contributed by atoms with van der Waals surface area (Å²) in [5.41, 5.74) is 0. The molecule has 2 aliphatic rings. The molecule has 68 valence electrons. The van der Waals surface area contributed by atoms with E-state index in [1.165, 1.54) is 0 Å². The summed E-state index contributed by atoms with van der Waals surface area (Å²) in [6, 6.07) is -0.325. The number of rotatable bonds is 1. The lowest BCUT2D eigenvalue weighted by atomic mass is 10.2. The fourth-order valence-corrected chi connectivity index (χ4v) is 4.64. The van der Waals surface area contributed by atoms with Crippen LogP contribution in [0.15, 0.2) is 0 Å². The maximum atomic E-state index is 10.7. The summed E-state index contributed by atoms with van der Waals surface area (Å²) in [4.78, 5) is 10.7. The van der Waals surface area contributed by atoms with Gasteiger partial charge in [-0.25, -0.2) is 0 Å². The second kappa shape index (κ2) is 3.12. The summed E-state index contributed by atoms with van der Waals surface area (Å²) >= 11 is 3.68. The smallest absolute Gasteiger partial charge is 0.321 e. The Morgan fingerprint density at radius 1 is 1.67 bits per heavy atom. The van der Waals surface area contributed by atoms with Gasteiger partial charge in [-0.2, -0.15) is 11.8 Å². The molecule has 2 atom stereocenters. The molecule has 3 nitrogen and oxygen atoms in total. The Morgan fingerprint density at radius 3 is 3.00 bits per heavy atom. The molecular weight excluding hydrogens is 194 g/mol. The SMILES string of the molecule is O=C(O)C1CSC2(CCSC2)N1. The predicted molar refractivity (Wildman–Crippen MR) is 51.7 cm³/mol. The van der Waals surface area contributed by atoms with E-state index in [2.05, 4.69) is 5.32 Å². The summed E-state index contributed by atoms with van der Waals surface area (Å²) < 4.78 is 0. The topological polar surface area (TPSA) is 49.3 Å². The van der Waals surface area contributed by atoms with Crippen molar-refractivity contribution in [2.24, 2.45) is 0 Å². The summed E-state index contributed by atoms with van der Waals surface area (Å²) in [5.74, 6) is 2.22. The minimum Gasteiger partial charge on any atom is -0.480 e. The third-order valence-corrected chi connectivity index (χ3v) is 5.14. The van der Waals surface area contributed by atoms with Gasteiger partial charge in [0.05, 0.1) is 4.87 Å². The molecule has 1 spiro atoms. The van der Waals surface area contributed by atoms with E-state index in [0.717, 1.165) is 23.7 Å². The van der Waals surface area contributed by atoms with E-state index in [1.54, 1.807) is 11.8 Å². The molecule has 2 saturated heterocycles. The van der Waals surface area contributed by atoms with Crippen molar-refractivity contribution < 1.29 is 9.90 Å². The van der Waals surface area contributed by atoms with E-state index in [-0.39, 0.29) is 10.9 Å². The Hall–Kier alpha value is 0.130. The largest absolute Gasteiger partial charge is 0.480 e. The monoisotopic (exact) mass is 205 g/mol. The van der Waals surface area contributed by atoms with Crippen molar-refractivity contribution in [3.05, 3.63) is 0 Å². The average Bonchev–Trinajstić information content (AvgIpc) is 2.62. The Morgan fingerprint density at radius 2 is 2.50 bits per heavy atom. The molecule has 0 aliphatic carbocycles. The minimum absolute atomic E-state index is 0.0910. The first-order chi connectivity index (χ1) is 5.72. The second-order valence-corrected chi connectivity index (χ2v) is 5.65. The normalized spacial score (nSPS) is 40.8. The van der Waals surface area contributed by atoms with Crippen LogP contribution in [0.4, 0.5) is 0 Å². The van der Waals surface area contributed by atoms with Crippen molar-refractivity contribution in [1.82, 2.24) is 5.32 Å². The molecule has 2 fully saturated rings. The zero-order valence-corrected chi connectivity index (χ0v) is 8.21. The van der Waals surface area contributed by atoms with E-state index < -0.39 is 5.97 Å². The third-order valence-electron chi connectivity index (χ3n) is 2.25. The lowest BCUT2D eigenvalue weighted by Crippen LogP contribution is -2.45. The Kier molecular flexibility index (Phi) is 2.27. The highest BCUT2D eigenvalue weighted by Crippen LogP contribution is 2.41. The van der Waals surface area contributed by atoms with Crippen LogP contribution in [0.5, 0.6) is 0 Å². The molecule has 0 bridgehead atoms. The van der Waals surface area contributed by atoms with Crippen LogP contribution < -0.4 is 5.32 Å². The van der Waals surface area contributed by atoms with Crippen molar-refractivity contribution in [3.63, 3.8) is 0 Å². The standard InChI is InChI=1S/C7H11NO2S2/c9-6(10)5-3-12-7(8-5)1-2-11-4-7/h5,8H,1-4H2,(H,9,10). The van der Waals surface area contributed by atoms with Crippen LogP contribution in [0.3, 0.4) is 0 Å². The molecule has 0 radical (unpaired) electrons. The average molecular weight is 205 g/mol. The number of hydrogen-bond donors (Lipinski definition) is 2. The molecule has 0 aromatic heterocycles. The van der Waals surface area contributed by atoms with E-state index in [9.17, 15) is 4.79 Å². The first-order valence-corrected chi connectivity index (χ1v) is 6.08. The van der Waals surface area contributed by atoms with E-state index >= 15 is 0 Å². The molecular formula is C7H11NO2S2. The molecule has 0 saturated carbocycles. The number of carboxylic acids is 1. The van der Waals surface area contributed by atoms with Crippen LogP contribution in [0.2, 0.25) is 0 Å². The molecule has 2 N–H and O–H groups in total. The zero-order chi connectivity index (χ0) is 8.60. The van der Waals surface area contributed by atoms with Crippen LogP contribution in [0.25, 0.3) is 0 Å². The summed E-state index contributed by atoms with van der Waals surface area (Å²) in [7, 11) is 0. The van der Waals surface area contributed by atoms with Gasteiger partial charge in [-0.3, -0.25) is 10.1 Å². The van der Waals surface area contributed by atoms with Crippen LogP contribution in [0, 0.1) is 0 Å². The highest BCUT2D eigenvalue weighted by molar-refractivity contribution is 8.04. The van der Waals surface area contributed by atoms with E-state index in [0.29, 0.717) is 0 Å². The minimum atomic E-state index is -0.712. The molecule has 0 amide bonds. The lowest BCUT2D eigenvalue weighted by molar-refractivity contribution is -0.138. The van der Waals surface area contributed by atoms with E-state index in [4.69, 9.17) is 5.11 Å². The van der Waals surface area contributed by atoms with Crippen molar-refractivity contribution in [3.8, 4) is 0 Å². The van der Waals surface area contributed by atoms with Crippen LogP contribution in [-0.4, -0.2) is 39.2 Å².